The number of ether oxygens (including phenoxy) is 1. The van der Waals surface area contributed by atoms with E-state index >= 15 is 0 Å². The Labute approximate surface area is 180 Å². The minimum absolute atomic E-state index is 0.0511. The lowest BCUT2D eigenvalue weighted by Gasteiger charge is -2.37. The number of carbonyl (C=O) groups excluding carboxylic acids is 1. The highest BCUT2D eigenvalue weighted by Crippen LogP contribution is 2.43. The van der Waals surface area contributed by atoms with Crippen molar-refractivity contribution < 1.29 is 18.3 Å². The van der Waals surface area contributed by atoms with Crippen LogP contribution in [0.5, 0.6) is 0 Å². The molecule has 1 fully saturated rings. The van der Waals surface area contributed by atoms with Gasteiger partial charge in [0.2, 0.25) is 6.41 Å². The highest BCUT2D eigenvalue weighted by Gasteiger charge is 2.28. The van der Waals surface area contributed by atoms with E-state index in [1.54, 1.807) is 11.9 Å². The van der Waals surface area contributed by atoms with Gasteiger partial charge in [0.1, 0.15) is 11.6 Å². The van der Waals surface area contributed by atoms with E-state index in [9.17, 15) is 8.78 Å². The minimum atomic E-state index is -0.498. The van der Waals surface area contributed by atoms with Crippen LogP contribution in [-0.4, -0.2) is 29.8 Å². The summed E-state index contributed by atoms with van der Waals surface area (Å²) in [6.45, 7) is 2.47. The number of methoxy groups -OCH3 is 1. The Morgan fingerprint density at radius 3 is 2.47 bits per heavy atom. The van der Waals surface area contributed by atoms with Gasteiger partial charge in [-0.1, -0.05) is 42.3 Å². The average molecular weight is 436 g/mol. The van der Waals surface area contributed by atoms with E-state index in [0.29, 0.717) is 23.4 Å². The second-order valence-corrected chi connectivity index (χ2v) is 8.23. The van der Waals surface area contributed by atoms with Crippen LogP contribution in [0.2, 0.25) is 0 Å². The quantitative estimate of drug-likeness (QED) is 0.311. The Kier molecular flexibility index (Phi) is 9.26. The summed E-state index contributed by atoms with van der Waals surface area (Å²) in [7, 11) is 1.35. The number of nitrogens with two attached hydrogens (primary N) is 1. The molecule has 1 aliphatic heterocycles. The molecule has 1 aliphatic rings. The Hall–Kier alpha value is -2.45. The molecule has 0 aromatic heterocycles. The molecule has 2 atom stereocenters. The van der Waals surface area contributed by atoms with Gasteiger partial charge in [-0.25, -0.2) is 13.1 Å². The monoisotopic (exact) mass is 435 g/mol. The zero-order valence-corrected chi connectivity index (χ0v) is 17.9. The number of carbonyl (C=O) groups is 1. The van der Waals surface area contributed by atoms with Crippen LogP contribution in [0.4, 0.5) is 8.78 Å². The van der Waals surface area contributed by atoms with E-state index in [1.165, 1.54) is 24.8 Å². The van der Waals surface area contributed by atoms with E-state index in [-0.39, 0.29) is 24.3 Å². The van der Waals surface area contributed by atoms with Crippen LogP contribution in [0.1, 0.15) is 41.7 Å². The van der Waals surface area contributed by atoms with Crippen molar-refractivity contribution in [2.45, 2.75) is 44.0 Å². The van der Waals surface area contributed by atoms with Crippen molar-refractivity contribution in [3.8, 4) is 0 Å². The van der Waals surface area contributed by atoms with Gasteiger partial charge in [-0.3, -0.25) is 10.2 Å². The zero-order chi connectivity index (χ0) is 22.1. The lowest BCUT2D eigenvalue weighted by molar-refractivity contribution is -0.106. The van der Waals surface area contributed by atoms with Crippen LogP contribution in [0.15, 0.2) is 42.5 Å². The molecular weight excluding hydrogens is 408 g/mol. The van der Waals surface area contributed by atoms with Gasteiger partial charge in [-0.2, -0.15) is 0 Å². The van der Waals surface area contributed by atoms with Crippen LogP contribution in [0.3, 0.4) is 0 Å². The predicted octanol–water partition coefficient (Wildman–Crippen LogP) is 4.61. The van der Waals surface area contributed by atoms with Crippen LogP contribution in [0.25, 0.3) is 0 Å². The van der Waals surface area contributed by atoms with Crippen molar-refractivity contribution in [2.75, 3.05) is 7.11 Å². The Morgan fingerprint density at radius 2 is 1.83 bits per heavy atom. The van der Waals surface area contributed by atoms with E-state index < -0.39 is 11.6 Å². The van der Waals surface area contributed by atoms with Crippen molar-refractivity contribution in [3.05, 3.63) is 70.8 Å². The average Bonchev–Trinajstić information content (AvgIpc) is 2.74. The van der Waals surface area contributed by atoms with Gasteiger partial charge in [0.05, 0.1) is 13.5 Å². The molecule has 0 bridgehead atoms. The highest BCUT2D eigenvalue weighted by atomic mass is 32.2. The molecule has 3 rings (SSSR count). The largest absolute Gasteiger partial charge is 0.484 e. The Morgan fingerprint density at radius 1 is 1.23 bits per heavy atom. The lowest BCUT2D eigenvalue weighted by atomic mass is 10.0. The predicted molar refractivity (Wildman–Crippen MR) is 116 cm³/mol. The number of hydrogen-bond donors (Lipinski definition) is 2. The zero-order valence-electron chi connectivity index (χ0n) is 17.1. The molecule has 162 valence electrons. The lowest BCUT2D eigenvalue weighted by Crippen LogP contribution is -2.32. The molecule has 0 radical (unpaired) electrons. The van der Waals surface area contributed by atoms with Crippen LogP contribution in [0, 0.1) is 17.0 Å². The number of amides is 1. The van der Waals surface area contributed by atoms with Gasteiger partial charge in [0, 0.05) is 23.4 Å². The molecule has 0 aliphatic carbocycles. The molecule has 2 aromatic rings. The number of benzene rings is 2. The third-order valence-corrected chi connectivity index (χ3v) is 6.43. The smallest absolute Gasteiger partial charge is 0.204 e. The van der Waals surface area contributed by atoms with Crippen molar-refractivity contribution >= 4 is 24.3 Å². The molecule has 8 heteroatoms. The van der Waals surface area contributed by atoms with Crippen molar-refractivity contribution in [1.29, 1.82) is 5.41 Å². The van der Waals surface area contributed by atoms with Crippen LogP contribution < -0.4 is 5.73 Å². The second-order valence-electron chi connectivity index (χ2n) is 6.98. The van der Waals surface area contributed by atoms with Gasteiger partial charge >= 0.3 is 0 Å². The van der Waals surface area contributed by atoms with Gasteiger partial charge in [0.15, 0.2) is 5.90 Å². The first-order chi connectivity index (χ1) is 14.4. The van der Waals surface area contributed by atoms with E-state index in [4.69, 9.17) is 14.9 Å². The maximum absolute atomic E-state index is 14.6. The second kappa shape index (κ2) is 11.7. The number of rotatable bonds is 5. The first kappa shape index (κ1) is 23.8. The topological polar surface area (TPSA) is 79.4 Å². The molecule has 5 nitrogen and oxygen atoms in total. The first-order valence-corrected chi connectivity index (χ1v) is 10.4. The Bertz CT molecular complexity index is 852. The number of hydrogen-bond acceptors (Lipinski definition) is 5. The molecule has 1 saturated heterocycles. The summed E-state index contributed by atoms with van der Waals surface area (Å²) in [6, 6.07) is 13.0. The fourth-order valence-electron chi connectivity index (χ4n) is 3.24. The van der Waals surface area contributed by atoms with Crippen molar-refractivity contribution in [1.82, 2.24) is 4.31 Å². The summed E-state index contributed by atoms with van der Waals surface area (Å²) in [5.41, 5.74) is 5.91. The maximum Gasteiger partial charge on any atom is 0.204 e. The molecule has 3 N–H and O–H groups in total. The summed E-state index contributed by atoms with van der Waals surface area (Å²) in [4.78, 5) is 8.58. The summed E-state index contributed by atoms with van der Waals surface area (Å²) < 4.78 is 35.8. The third-order valence-electron chi connectivity index (χ3n) is 4.91. The van der Waals surface area contributed by atoms with Crippen LogP contribution >= 0.6 is 11.9 Å². The fourth-order valence-corrected chi connectivity index (χ4v) is 4.62. The number of nitrogens with one attached hydrogen (secondary N) is 1. The molecule has 2 aromatic carbocycles. The summed E-state index contributed by atoms with van der Waals surface area (Å²) in [5.74, 6) is -1.03. The maximum atomic E-state index is 14.6. The number of nitrogens with zero attached hydrogens (tertiary/aromatic N) is 1. The van der Waals surface area contributed by atoms with E-state index in [2.05, 4.69) is 29.1 Å². The van der Waals surface area contributed by atoms with Gasteiger partial charge < -0.3 is 10.5 Å². The molecule has 0 saturated carbocycles. The first-order valence-electron chi connectivity index (χ1n) is 9.61. The fraction of sp³-hybridized carbons (Fsp3) is 0.364. The molecular formula is C22H27F2N3O2S. The van der Waals surface area contributed by atoms with Gasteiger partial charge in [-0.15, -0.1) is 0 Å². The molecule has 0 spiro atoms. The SMILES string of the molecule is COC(=N)Cc1cc(F)c(CN2SC(c3ccccc3)CC[C@@H]2C)cc1F.NC=O. The molecule has 1 heterocycles. The Balaban J connectivity index is 0.00000101. The highest BCUT2D eigenvalue weighted by molar-refractivity contribution is 7.97. The van der Waals surface area contributed by atoms with Crippen molar-refractivity contribution in [2.24, 2.45) is 5.73 Å². The van der Waals surface area contributed by atoms with E-state index in [0.717, 1.165) is 12.8 Å². The van der Waals surface area contributed by atoms with E-state index in [1.807, 2.05) is 18.2 Å². The third kappa shape index (κ3) is 6.53. The van der Waals surface area contributed by atoms with Gasteiger partial charge in [-0.05, 0) is 43.0 Å². The van der Waals surface area contributed by atoms with Crippen LogP contribution in [-0.2, 0) is 22.5 Å². The minimum Gasteiger partial charge on any atom is -0.484 e. The van der Waals surface area contributed by atoms with Crippen molar-refractivity contribution in [3.63, 3.8) is 0 Å². The number of halogens is 2. The standard InChI is InChI=1S/C21H24F2N2OS.CH3NO/c1-14-8-9-20(15-6-4-3-5-7-15)27-25(14)13-17-11-18(22)16(10-19(17)23)12-21(24)26-2;2-1-3/h3-7,10-11,14,20,24H,8-9,12-13H2,1-2H3;1H,(H2,2,3)/t14-,20?;/m0./s1. The molecule has 1 unspecified atom stereocenters. The number of primary amides is 1. The van der Waals surface area contributed by atoms with Gasteiger partial charge in [0.25, 0.3) is 0 Å². The molecule has 30 heavy (non-hydrogen) atoms. The summed E-state index contributed by atoms with van der Waals surface area (Å²) in [5, 5.41) is 7.84. The molecule has 1 amide bonds. The summed E-state index contributed by atoms with van der Waals surface area (Å²) >= 11 is 1.71. The summed E-state index contributed by atoms with van der Waals surface area (Å²) in [6.07, 6.45) is 2.28. The normalized spacial score (nSPS) is 18.8.